The van der Waals surface area contributed by atoms with E-state index in [9.17, 15) is 14.7 Å². The van der Waals surface area contributed by atoms with Crippen LogP contribution in [0.3, 0.4) is 0 Å². The standard InChI is InChI=1S/C24H17ClN2O5/c25-16-2-1-3-17(13-16)27-21(14-6-8-26-9-7-14)20(23(29)24(27)30)22(28)15-4-5-18-19(12-15)32-11-10-31-18/h1-9,12-13,21,28H,10-11H2/b22-20-. The van der Waals surface area contributed by atoms with Gasteiger partial charge in [-0.25, -0.2) is 0 Å². The number of nitrogens with zero attached hydrogens (tertiary/aromatic N) is 2. The lowest BCUT2D eigenvalue weighted by atomic mass is 9.95. The van der Waals surface area contributed by atoms with Crippen LogP contribution in [0.2, 0.25) is 5.02 Å². The average Bonchev–Trinajstić information content (AvgIpc) is 3.09. The van der Waals surface area contributed by atoms with Crippen LogP contribution in [0.15, 0.2) is 72.6 Å². The minimum absolute atomic E-state index is 0.0298. The van der Waals surface area contributed by atoms with E-state index in [1.165, 1.54) is 4.90 Å². The maximum absolute atomic E-state index is 13.1. The molecule has 1 N–H and O–H groups in total. The van der Waals surface area contributed by atoms with E-state index in [1.807, 2.05) is 0 Å². The van der Waals surface area contributed by atoms with E-state index in [1.54, 1.807) is 67.0 Å². The first-order valence-electron chi connectivity index (χ1n) is 9.91. The summed E-state index contributed by atoms with van der Waals surface area (Å²) >= 11 is 6.14. The number of rotatable bonds is 3. The van der Waals surface area contributed by atoms with Crippen LogP contribution in [0, 0.1) is 0 Å². The number of hydrogen-bond acceptors (Lipinski definition) is 6. The molecule has 3 aromatic rings. The van der Waals surface area contributed by atoms with Gasteiger partial charge in [-0.15, -0.1) is 0 Å². The molecule has 32 heavy (non-hydrogen) atoms. The number of carbonyl (C=O) groups excluding carboxylic acids is 2. The third-order valence-electron chi connectivity index (χ3n) is 5.37. The van der Waals surface area contributed by atoms with Gasteiger partial charge in [-0.1, -0.05) is 17.7 Å². The molecule has 1 saturated heterocycles. The van der Waals surface area contributed by atoms with Gasteiger partial charge >= 0.3 is 0 Å². The second kappa shape index (κ2) is 8.01. The van der Waals surface area contributed by atoms with Gasteiger partial charge in [0.2, 0.25) is 0 Å². The SMILES string of the molecule is O=C1C(=O)N(c2cccc(Cl)c2)C(c2ccncc2)/C1=C(/O)c1ccc2c(c1)OCCO2. The molecular formula is C24H17ClN2O5. The van der Waals surface area contributed by atoms with Gasteiger partial charge in [-0.2, -0.15) is 0 Å². The van der Waals surface area contributed by atoms with E-state index < -0.39 is 17.7 Å². The molecule has 1 amide bonds. The molecule has 0 bridgehead atoms. The van der Waals surface area contributed by atoms with Gasteiger partial charge < -0.3 is 14.6 Å². The van der Waals surface area contributed by atoms with Gasteiger partial charge in [0, 0.05) is 28.7 Å². The van der Waals surface area contributed by atoms with Crippen LogP contribution in [0.4, 0.5) is 5.69 Å². The Labute approximate surface area is 188 Å². The molecule has 0 radical (unpaired) electrons. The minimum atomic E-state index is -0.857. The van der Waals surface area contributed by atoms with Crippen molar-refractivity contribution in [2.75, 3.05) is 18.1 Å². The van der Waals surface area contributed by atoms with Crippen LogP contribution >= 0.6 is 11.6 Å². The van der Waals surface area contributed by atoms with Crippen LogP contribution in [-0.4, -0.2) is 35.0 Å². The van der Waals surface area contributed by atoms with Crippen LogP contribution in [-0.2, 0) is 9.59 Å². The summed E-state index contributed by atoms with van der Waals surface area (Å²) in [5.41, 5.74) is 1.39. The van der Waals surface area contributed by atoms with Crippen molar-refractivity contribution in [3.8, 4) is 11.5 Å². The smallest absolute Gasteiger partial charge is 0.300 e. The largest absolute Gasteiger partial charge is 0.507 e. The zero-order valence-electron chi connectivity index (χ0n) is 16.7. The zero-order valence-corrected chi connectivity index (χ0v) is 17.5. The number of halogens is 1. The Hall–Kier alpha value is -3.84. The third kappa shape index (κ3) is 3.36. The number of pyridine rings is 1. The lowest BCUT2D eigenvalue weighted by Crippen LogP contribution is -2.29. The number of fused-ring (bicyclic) bond motifs is 1. The third-order valence-corrected chi connectivity index (χ3v) is 5.60. The first-order chi connectivity index (χ1) is 15.5. The van der Waals surface area contributed by atoms with Crippen molar-refractivity contribution in [2.45, 2.75) is 6.04 Å². The van der Waals surface area contributed by atoms with Crippen molar-refractivity contribution in [3.05, 3.63) is 88.7 Å². The van der Waals surface area contributed by atoms with Crippen molar-refractivity contribution in [1.82, 2.24) is 4.98 Å². The van der Waals surface area contributed by atoms with Gasteiger partial charge in [0.15, 0.2) is 11.5 Å². The molecule has 0 spiro atoms. The average molecular weight is 449 g/mol. The topological polar surface area (TPSA) is 89.0 Å². The highest BCUT2D eigenvalue weighted by molar-refractivity contribution is 6.51. The molecule has 0 saturated carbocycles. The molecule has 2 aliphatic heterocycles. The molecule has 3 heterocycles. The van der Waals surface area contributed by atoms with Crippen LogP contribution in [0.1, 0.15) is 17.2 Å². The van der Waals surface area contributed by atoms with Crippen molar-refractivity contribution < 1.29 is 24.2 Å². The van der Waals surface area contributed by atoms with Gasteiger partial charge in [0.05, 0.1) is 11.6 Å². The highest BCUT2D eigenvalue weighted by Crippen LogP contribution is 2.43. The lowest BCUT2D eigenvalue weighted by Gasteiger charge is -2.25. The number of hydrogen-bond donors (Lipinski definition) is 1. The highest BCUT2D eigenvalue weighted by atomic mass is 35.5. The van der Waals surface area contributed by atoms with E-state index in [-0.39, 0.29) is 11.3 Å². The fraction of sp³-hybridized carbons (Fsp3) is 0.125. The number of aromatic nitrogens is 1. The number of ketones is 1. The summed E-state index contributed by atoms with van der Waals surface area (Å²) in [6, 6.07) is 14.1. The van der Waals surface area contributed by atoms with Crippen molar-refractivity contribution in [2.24, 2.45) is 0 Å². The first-order valence-corrected chi connectivity index (χ1v) is 10.3. The predicted octanol–water partition coefficient (Wildman–Crippen LogP) is 4.13. The van der Waals surface area contributed by atoms with E-state index in [0.717, 1.165) is 0 Å². The second-order valence-electron chi connectivity index (χ2n) is 7.29. The Morgan fingerprint density at radius 1 is 1.00 bits per heavy atom. The number of carbonyl (C=O) groups is 2. The number of Topliss-reactive ketones (excluding diaryl/α,β-unsaturated/α-hetero) is 1. The summed E-state index contributed by atoms with van der Waals surface area (Å²) in [7, 11) is 0. The number of benzene rings is 2. The summed E-state index contributed by atoms with van der Waals surface area (Å²) in [6.07, 6.45) is 3.13. The van der Waals surface area contributed by atoms with Crippen molar-refractivity contribution >= 4 is 34.7 Å². The molecule has 1 unspecified atom stereocenters. The van der Waals surface area contributed by atoms with E-state index in [0.29, 0.717) is 46.5 Å². The summed E-state index contributed by atoms with van der Waals surface area (Å²) in [5.74, 6) is -0.832. The monoisotopic (exact) mass is 448 g/mol. The normalized spacial score (nSPS) is 19.3. The molecule has 2 aromatic carbocycles. The molecule has 8 heteroatoms. The lowest BCUT2D eigenvalue weighted by molar-refractivity contribution is -0.132. The summed E-state index contributed by atoms with van der Waals surface area (Å²) in [4.78, 5) is 31.6. The maximum atomic E-state index is 13.1. The first kappa shape index (κ1) is 20.1. The van der Waals surface area contributed by atoms with Gasteiger partial charge in [-0.3, -0.25) is 19.5 Å². The fourth-order valence-electron chi connectivity index (χ4n) is 3.93. The fourth-order valence-corrected chi connectivity index (χ4v) is 4.12. The minimum Gasteiger partial charge on any atom is -0.507 e. The summed E-state index contributed by atoms with van der Waals surface area (Å²) in [5, 5.41) is 11.6. The summed E-state index contributed by atoms with van der Waals surface area (Å²) in [6.45, 7) is 0.818. The Morgan fingerprint density at radius 2 is 1.75 bits per heavy atom. The highest BCUT2D eigenvalue weighted by Gasteiger charge is 2.47. The Morgan fingerprint density at radius 3 is 2.50 bits per heavy atom. The molecule has 5 rings (SSSR count). The Kier molecular flexibility index (Phi) is 5.03. The van der Waals surface area contributed by atoms with Crippen molar-refractivity contribution in [1.29, 1.82) is 0 Å². The van der Waals surface area contributed by atoms with E-state index in [4.69, 9.17) is 21.1 Å². The van der Waals surface area contributed by atoms with E-state index in [2.05, 4.69) is 4.98 Å². The zero-order chi connectivity index (χ0) is 22.2. The molecule has 160 valence electrons. The molecule has 1 aromatic heterocycles. The Balaban J connectivity index is 1.69. The quantitative estimate of drug-likeness (QED) is 0.368. The molecule has 2 aliphatic rings. The van der Waals surface area contributed by atoms with E-state index >= 15 is 0 Å². The van der Waals surface area contributed by atoms with Crippen LogP contribution < -0.4 is 14.4 Å². The Bertz CT molecular complexity index is 1260. The molecule has 1 atom stereocenters. The van der Waals surface area contributed by atoms with Crippen molar-refractivity contribution in [3.63, 3.8) is 0 Å². The van der Waals surface area contributed by atoms with Crippen LogP contribution in [0.5, 0.6) is 11.5 Å². The van der Waals surface area contributed by atoms with Gasteiger partial charge in [-0.05, 0) is 54.1 Å². The van der Waals surface area contributed by atoms with Gasteiger partial charge in [0.25, 0.3) is 11.7 Å². The number of aliphatic hydroxyl groups excluding tert-OH is 1. The number of amides is 1. The molecule has 7 nitrogen and oxygen atoms in total. The second-order valence-corrected chi connectivity index (χ2v) is 7.72. The van der Waals surface area contributed by atoms with Crippen LogP contribution in [0.25, 0.3) is 5.76 Å². The van der Waals surface area contributed by atoms with Gasteiger partial charge in [0.1, 0.15) is 19.0 Å². The molecular weight excluding hydrogens is 432 g/mol. The predicted molar refractivity (Wildman–Crippen MR) is 118 cm³/mol. The molecule has 0 aliphatic carbocycles. The maximum Gasteiger partial charge on any atom is 0.300 e. The number of aliphatic hydroxyl groups is 1. The number of anilines is 1. The number of ether oxygens (including phenoxy) is 2. The summed E-state index contributed by atoms with van der Waals surface area (Å²) < 4.78 is 11.1. The molecule has 1 fully saturated rings.